The molecule has 0 amide bonds. The van der Waals surface area contributed by atoms with E-state index < -0.39 is 11.7 Å². The van der Waals surface area contributed by atoms with Crippen LogP contribution in [0.25, 0.3) is 0 Å². The summed E-state index contributed by atoms with van der Waals surface area (Å²) in [4.78, 5) is 4.18. The molecule has 2 aromatic rings. The summed E-state index contributed by atoms with van der Waals surface area (Å²) in [6, 6.07) is 4.94. The maximum atomic E-state index is 12.6. The molecule has 1 aromatic heterocycles. The molecule has 0 saturated heterocycles. The monoisotopic (exact) mass is 299 g/mol. The highest BCUT2D eigenvalue weighted by Crippen LogP contribution is 2.29. The van der Waals surface area contributed by atoms with Gasteiger partial charge in [-0.05, 0) is 18.6 Å². The van der Waals surface area contributed by atoms with Crippen molar-refractivity contribution in [2.75, 3.05) is 0 Å². The van der Waals surface area contributed by atoms with Gasteiger partial charge in [0.1, 0.15) is 0 Å². The maximum absolute atomic E-state index is 12.6. The summed E-state index contributed by atoms with van der Waals surface area (Å²) in [5.74, 6) is 0.636. The molecule has 0 aliphatic heterocycles. The second-order valence-corrected chi connectivity index (χ2v) is 5.07. The number of hydrogen-bond acceptors (Lipinski definition) is 4. The van der Waals surface area contributed by atoms with Gasteiger partial charge in [-0.2, -0.15) is 18.2 Å². The van der Waals surface area contributed by atoms with E-state index in [1.165, 1.54) is 6.07 Å². The first-order valence-corrected chi connectivity index (χ1v) is 6.51. The molecular formula is C14H16F3N3O. The number of nitrogens with zero attached hydrogens (tertiary/aromatic N) is 2. The van der Waals surface area contributed by atoms with Gasteiger partial charge in [0.2, 0.25) is 5.89 Å². The Kier molecular flexibility index (Phi) is 4.32. The van der Waals surface area contributed by atoms with Crippen LogP contribution in [0.3, 0.4) is 0 Å². The van der Waals surface area contributed by atoms with Crippen LogP contribution in [0, 0.1) is 0 Å². The van der Waals surface area contributed by atoms with Crippen molar-refractivity contribution < 1.29 is 17.7 Å². The molecule has 0 fully saturated rings. The predicted octanol–water partition coefficient (Wildman–Crippen LogP) is 3.13. The summed E-state index contributed by atoms with van der Waals surface area (Å²) < 4.78 is 43.0. The molecule has 0 radical (unpaired) electrons. The van der Waals surface area contributed by atoms with Gasteiger partial charge in [0.05, 0.1) is 11.5 Å². The molecule has 2 unspecified atom stereocenters. The zero-order chi connectivity index (χ0) is 15.6. The molecule has 4 nitrogen and oxygen atoms in total. The Bertz CT molecular complexity index is 608. The third-order valence-corrected chi connectivity index (χ3v) is 3.28. The number of hydrogen-bond donors (Lipinski definition) is 1. The lowest BCUT2D eigenvalue weighted by atomic mass is 10.1. The summed E-state index contributed by atoms with van der Waals surface area (Å²) in [5, 5.41) is 3.78. The Balaban J connectivity index is 2.16. The van der Waals surface area contributed by atoms with Crippen molar-refractivity contribution in [3.8, 4) is 0 Å². The lowest BCUT2D eigenvalue weighted by molar-refractivity contribution is -0.137. The number of rotatable bonds is 4. The van der Waals surface area contributed by atoms with E-state index in [-0.39, 0.29) is 18.4 Å². The van der Waals surface area contributed by atoms with Crippen LogP contribution in [0.1, 0.15) is 42.6 Å². The second kappa shape index (κ2) is 5.85. The van der Waals surface area contributed by atoms with Crippen molar-refractivity contribution in [3.05, 3.63) is 47.1 Å². The molecule has 1 aromatic carbocycles. The molecular weight excluding hydrogens is 283 g/mol. The number of aromatic nitrogens is 2. The minimum Gasteiger partial charge on any atom is -0.339 e. The topological polar surface area (TPSA) is 64.9 Å². The fourth-order valence-electron chi connectivity index (χ4n) is 1.79. The smallest absolute Gasteiger partial charge is 0.339 e. The minimum atomic E-state index is -4.36. The van der Waals surface area contributed by atoms with Crippen molar-refractivity contribution in [1.29, 1.82) is 0 Å². The first kappa shape index (κ1) is 15.5. The van der Waals surface area contributed by atoms with E-state index in [1.54, 1.807) is 6.07 Å². The largest absolute Gasteiger partial charge is 0.416 e. The normalized spacial score (nSPS) is 15.0. The zero-order valence-corrected chi connectivity index (χ0v) is 11.7. The van der Waals surface area contributed by atoms with Crippen LogP contribution in [0.15, 0.2) is 28.8 Å². The third kappa shape index (κ3) is 3.81. The molecule has 21 heavy (non-hydrogen) atoms. The summed E-state index contributed by atoms with van der Waals surface area (Å²) in [7, 11) is 0. The van der Waals surface area contributed by atoms with Gasteiger partial charge in [-0.15, -0.1) is 0 Å². The molecule has 7 heteroatoms. The van der Waals surface area contributed by atoms with Crippen LogP contribution in [-0.2, 0) is 12.6 Å². The Morgan fingerprint density at radius 3 is 2.62 bits per heavy atom. The van der Waals surface area contributed by atoms with Crippen molar-refractivity contribution >= 4 is 0 Å². The average Bonchev–Trinajstić information content (AvgIpc) is 2.85. The SMILES string of the molecule is CC(N)C(C)c1nc(Cc2cccc(C(F)(F)F)c2)no1. The molecule has 114 valence electrons. The maximum Gasteiger partial charge on any atom is 0.416 e. The first-order chi connectivity index (χ1) is 9.77. The molecule has 2 rings (SSSR count). The summed E-state index contributed by atoms with van der Waals surface area (Å²) in [6.07, 6.45) is -4.18. The highest BCUT2D eigenvalue weighted by Gasteiger charge is 2.30. The Morgan fingerprint density at radius 2 is 2.00 bits per heavy atom. The van der Waals surface area contributed by atoms with Crippen LogP contribution in [0.4, 0.5) is 13.2 Å². The molecule has 2 atom stereocenters. The third-order valence-electron chi connectivity index (χ3n) is 3.28. The molecule has 0 saturated carbocycles. The molecule has 0 bridgehead atoms. The molecule has 1 heterocycles. The van der Waals surface area contributed by atoms with Gasteiger partial charge in [-0.25, -0.2) is 0 Å². The van der Waals surface area contributed by atoms with Crippen LogP contribution in [0.5, 0.6) is 0 Å². The fourth-order valence-corrected chi connectivity index (χ4v) is 1.79. The average molecular weight is 299 g/mol. The van der Waals surface area contributed by atoms with Crippen LogP contribution >= 0.6 is 0 Å². The van der Waals surface area contributed by atoms with E-state index in [1.807, 2.05) is 13.8 Å². The minimum absolute atomic E-state index is 0.104. The van der Waals surface area contributed by atoms with E-state index in [0.29, 0.717) is 17.3 Å². The summed E-state index contributed by atoms with van der Waals surface area (Å²) in [6.45, 7) is 3.67. The van der Waals surface area contributed by atoms with Gasteiger partial charge >= 0.3 is 6.18 Å². The highest BCUT2D eigenvalue weighted by molar-refractivity contribution is 5.27. The molecule has 0 aliphatic rings. The van der Waals surface area contributed by atoms with Crippen LogP contribution in [0.2, 0.25) is 0 Å². The fraction of sp³-hybridized carbons (Fsp3) is 0.429. The Morgan fingerprint density at radius 1 is 1.29 bits per heavy atom. The molecule has 0 aliphatic carbocycles. The van der Waals surface area contributed by atoms with Crippen LogP contribution < -0.4 is 5.73 Å². The van der Waals surface area contributed by atoms with E-state index in [0.717, 1.165) is 12.1 Å². The first-order valence-electron chi connectivity index (χ1n) is 6.51. The van der Waals surface area contributed by atoms with Crippen molar-refractivity contribution in [2.24, 2.45) is 5.73 Å². The van der Waals surface area contributed by atoms with E-state index in [9.17, 15) is 13.2 Å². The van der Waals surface area contributed by atoms with E-state index >= 15 is 0 Å². The number of nitrogens with two attached hydrogens (primary N) is 1. The number of alkyl halides is 3. The van der Waals surface area contributed by atoms with Crippen molar-refractivity contribution in [3.63, 3.8) is 0 Å². The van der Waals surface area contributed by atoms with Gasteiger partial charge in [-0.1, -0.05) is 30.3 Å². The van der Waals surface area contributed by atoms with E-state index in [4.69, 9.17) is 10.3 Å². The predicted molar refractivity (Wildman–Crippen MR) is 70.6 cm³/mol. The van der Waals surface area contributed by atoms with Crippen LogP contribution in [-0.4, -0.2) is 16.2 Å². The molecule has 2 N–H and O–H groups in total. The van der Waals surface area contributed by atoms with Crippen molar-refractivity contribution in [2.45, 2.75) is 38.4 Å². The standard InChI is InChI=1S/C14H16F3N3O/c1-8(9(2)18)13-19-12(20-21-13)7-10-4-3-5-11(6-10)14(15,16)17/h3-6,8-9H,7,18H2,1-2H3. The second-order valence-electron chi connectivity index (χ2n) is 5.07. The number of halogens is 3. The van der Waals surface area contributed by atoms with Crippen molar-refractivity contribution in [1.82, 2.24) is 10.1 Å². The summed E-state index contributed by atoms with van der Waals surface area (Å²) in [5.41, 5.74) is 5.53. The zero-order valence-electron chi connectivity index (χ0n) is 11.7. The van der Waals surface area contributed by atoms with Gasteiger partial charge in [0, 0.05) is 12.5 Å². The molecule has 0 spiro atoms. The lowest BCUT2D eigenvalue weighted by Crippen LogP contribution is -2.22. The van der Waals surface area contributed by atoms with Gasteiger partial charge in [0.25, 0.3) is 0 Å². The van der Waals surface area contributed by atoms with Gasteiger partial charge in [-0.3, -0.25) is 0 Å². The Hall–Kier alpha value is -1.89. The van der Waals surface area contributed by atoms with Gasteiger partial charge < -0.3 is 10.3 Å². The Labute approximate surface area is 120 Å². The number of benzene rings is 1. The van der Waals surface area contributed by atoms with Gasteiger partial charge in [0.15, 0.2) is 5.82 Å². The highest BCUT2D eigenvalue weighted by atomic mass is 19.4. The van der Waals surface area contributed by atoms with E-state index in [2.05, 4.69) is 10.1 Å². The summed E-state index contributed by atoms with van der Waals surface area (Å²) >= 11 is 0. The lowest BCUT2D eigenvalue weighted by Gasteiger charge is -2.09. The quantitative estimate of drug-likeness (QED) is 0.942.